The lowest BCUT2D eigenvalue weighted by Crippen LogP contribution is -2.48. The number of aliphatic carboxylic acids is 1. The first-order valence-electron chi connectivity index (χ1n) is 7.00. The van der Waals surface area contributed by atoms with E-state index in [1.165, 1.54) is 0 Å². The Morgan fingerprint density at radius 1 is 1.19 bits per heavy atom. The molecule has 1 rings (SSSR count). The summed E-state index contributed by atoms with van der Waals surface area (Å²) >= 11 is 0. The van der Waals surface area contributed by atoms with Crippen LogP contribution in [0, 0.1) is 19.8 Å². The third kappa shape index (κ3) is 4.48. The topological polar surface area (TPSA) is 75.6 Å². The van der Waals surface area contributed by atoms with Gasteiger partial charge in [-0.15, -0.1) is 0 Å². The van der Waals surface area contributed by atoms with Gasteiger partial charge in [-0.3, -0.25) is 4.79 Å². The van der Waals surface area contributed by atoms with Gasteiger partial charge >= 0.3 is 5.97 Å². The maximum Gasteiger partial charge on any atom is 0.326 e. The summed E-state index contributed by atoms with van der Waals surface area (Å²) in [4.78, 5) is 23.2. The number of carboxylic acids is 1. The van der Waals surface area contributed by atoms with Crippen LogP contribution in [0.2, 0.25) is 0 Å². The number of carbonyl (C=O) groups is 2. The summed E-state index contributed by atoms with van der Waals surface area (Å²) in [5.41, 5.74) is 2.04. The van der Waals surface area contributed by atoms with E-state index in [-0.39, 0.29) is 5.92 Å². The Balaban J connectivity index is 2.75. The number of carboxylic acid groups (broad SMARTS) is 1. The molecule has 1 aromatic rings. The van der Waals surface area contributed by atoms with E-state index in [1.807, 2.05) is 26.0 Å². The Bertz CT molecular complexity index is 525. The second-order valence-corrected chi connectivity index (χ2v) is 5.53. The molecular formula is C16H23NO4. The second kappa shape index (κ2) is 7.11. The van der Waals surface area contributed by atoms with Gasteiger partial charge in [-0.2, -0.15) is 0 Å². The number of hydrogen-bond donors (Lipinski definition) is 2. The van der Waals surface area contributed by atoms with Gasteiger partial charge in [-0.05, 0) is 43.9 Å². The van der Waals surface area contributed by atoms with Crippen molar-refractivity contribution in [1.82, 2.24) is 5.32 Å². The van der Waals surface area contributed by atoms with Gasteiger partial charge in [-0.25, -0.2) is 4.79 Å². The number of hydrogen-bond acceptors (Lipinski definition) is 3. The highest BCUT2D eigenvalue weighted by atomic mass is 16.5. The summed E-state index contributed by atoms with van der Waals surface area (Å²) in [5, 5.41) is 11.6. The molecule has 5 nitrogen and oxygen atoms in total. The van der Waals surface area contributed by atoms with Crippen molar-refractivity contribution < 1.29 is 19.4 Å². The molecule has 0 bridgehead atoms. The minimum absolute atomic E-state index is 0.195. The minimum atomic E-state index is -1.04. The second-order valence-electron chi connectivity index (χ2n) is 5.53. The number of benzene rings is 1. The zero-order chi connectivity index (χ0) is 16.2. The fraction of sp³-hybridized carbons (Fsp3) is 0.500. The molecule has 0 aromatic heterocycles. The minimum Gasteiger partial charge on any atom is -0.481 e. The van der Waals surface area contributed by atoms with Crippen LogP contribution < -0.4 is 10.1 Å². The van der Waals surface area contributed by atoms with E-state index in [9.17, 15) is 9.59 Å². The molecule has 2 N–H and O–H groups in total. The highest BCUT2D eigenvalue weighted by molar-refractivity contribution is 5.86. The summed E-state index contributed by atoms with van der Waals surface area (Å²) in [7, 11) is 0. The van der Waals surface area contributed by atoms with Gasteiger partial charge in [0.1, 0.15) is 11.8 Å². The van der Waals surface area contributed by atoms with Gasteiger partial charge in [0.2, 0.25) is 0 Å². The number of ether oxygens (including phenoxy) is 1. The van der Waals surface area contributed by atoms with Crippen LogP contribution in [0.15, 0.2) is 18.2 Å². The van der Waals surface area contributed by atoms with Gasteiger partial charge in [0, 0.05) is 0 Å². The van der Waals surface area contributed by atoms with Crippen LogP contribution >= 0.6 is 0 Å². The summed E-state index contributed by atoms with van der Waals surface area (Å²) in [6, 6.07) is 4.70. The fourth-order valence-electron chi connectivity index (χ4n) is 1.88. The smallest absolute Gasteiger partial charge is 0.326 e. The summed E-state index contributed by atoms with van der Waals surface area (Å²) < 4.78 is 5.64. The molecule has 0 saturated carbocycles. The van der Waals surface area contributed by atoms with E-state index >= 15 is 0 Å². The van der Waals surface area contributed by atoms with E-state index in [0.717, 1.165) is 11.1 Å². The van der Waals surface area contributed by atoms with Gasteiger partial charge in [0.15, 0.2) is 6.10 Å². The standard InChI is InChI=1S/C16H23NO4/c1-9(2)14(16(19)20)17-15(18)12(5)21-13-8-6-7-10(3)11(13)4/h6-9,12,14H,1-5H3,(H,17,18)(H,19,20). The average Bonchev–Trinajstić information content (AvgIpc) is 2.40. The maximum absolute atomic E-state index is 12.1. The van der Waals surface area contributed by atoms with E-state index in [1.54, 1.807) is 26.8 Å². The normalized spacial score (nSPS) is 13.6. The number of rotatable bonds is 6. The van der Waals surface area contributed by atoms with E-state index in [0.29, 0.717) is 5.75 Å². The van der Waals surface area contributed by atoms with Gasteiger partial charge in [0.05, 0.1) is 0 Å². The average molecular weight is 293 g/mol. The lowest BCUT2D eigenvalue weighted by molar-refractivity contribution is -0.144. The molecule has 5 heteroatoms. The number of aryl methyl sites for hydroxylation is 1. The van der Waals surface area contributed by atoms with Crippen LogP contribution in [0.25, 0.3) is 0 Å². The highest BCUT2D eigenvalue weighted by Crippen LogP contribution is 2.21. The Labute approximate surface area is 125 Å². The molecule has 0 heterocycles. The predicted octanol–water partition coefficient (Wildman–Crippen LogP) is 2.30. The van der Waals surface area contributed by atoms with Crippen LogP contribution in [0.3, 0.4) is 0 Å². The zero-order valence-corrected chi connectivity index (χ0v) is 13.1. The first-order valence-corrected chi connectivity index (χ1v) is 7.00. The van der Waals surface area contributed by atoms with Crippen LogP contribution in [0.1, 0.15) is 31.9 Å². The highest BCUT2D eigenvalue weighted by Gasteiger charge is 2.26. The zero-order valence-electron chi connectivity index (χ0n) is 13.1. The molecule has 0 aliphatic rings. The van der Waals surface area contributed by atoms with Crippen molar-refractivity contribution in [2.75, 3.05) is 0 Å². The van der Waals surface area contributed by atoms with Crippen LogP contribution in [0.4, 0.5) is 0 Å². The van der Waals surface area contributed by atoms with Crippen molar-refractivity contribution in [3.8, 4) is 5.75 Å². The largest absolute Gasteiger partial charge is 0.481 e. The van der Waals surface area contributed by atoms with Gasteiger partial charge < -0.3 is 15.2 Å². The molecule has 1 aromatic carbocycles. The fourth-order valence-corrected chi connectivity index (χ4v) is 1.88. The van der Waals surface area contributed by atoms with E-state index < -0.39 is 24.0 Å². The lowest BCUT2D eigenvalue weighted by Gasteiger charge is -2.22. The van der Waals surface area contributed by atoms with Crippen LogP contribution in [-0.2, 0) is 9.59 Å². The Kier molecular flexibility index (Phi) is 5.76. The van der Waals surface area contributed by atoms with Crippen molar-refractivity contribution in [3.05, 3.63) is 29.3 Å². The van der Waals surface area contributed by atoms with Gasteiger partial charge in [-0.1, -0.05) is 26.0 Å². The quantitative estimate of drug-likeness (QED) is 0.844. The lowest BCUT2D eigenvalue weighted by atomic mass is 10.0. The molecule has 0 fully saturated rings. The molecule has 116 valence electrons. The molecular weight excluding hydrogens is 270 g/mol. The summed E-state index contributed by atoms with van der Waals surface area (Å²) in [6.07, 6.45) is -0.758. The number of amides is 1. The van der Waals surface area contributed by atoms with Crippen molar-refractivity contribution >= 4 is 11.9 Å². The van der Waals surface area contributed by atoms with Crippen molar-refractivity contribution in [3.63, 3.8) is 0 Å². The summed E-state index contributed by atoms with van der Waals surface area (Å²) in [5.74, 6) is -1.04. The first kappa shape index (κ1) is 17.0. The van der Waals surface area contributed by atoms with Crippen molar-refractivity contribution in [2.45, 2.75) is 46.8 Å². The molecule has 0 saturated heterocycles. The molecule has 21 heavy (non-hydrogen) atoms. The molecule has 0 aliphatic carbocycles. The molecule has 1 amide bonds. The van der Waals surface area contributed by atoms with E-state index in [4.69, 9.17) is 9.84 Å². The Morgan fingerprint density at radius 2 is 1.81 bits per heavy atom. The SMILES string of the molecule is Cc1cccc(OC(C)C(=O)NC(C(=O)O)C(C)C)c1C. The third-order valence-electron chi connectivity index (χ3n) is 3.46. The number of nitrogens with one attached hydrogen (secondary N) is 1. The summed E-state index contributed by atoms with van der Waals surface area (Å²) in [6.45, 7) is 8.98. The van der Waals surface area contributed by atoms with Gasteiger partial charge in [0.25, 0.3) is 5.91 Å². The predicted molar refractivity (Wildman–Crippen MR) is 80.4 cm³/mol. The third-order valence-corrected chi connectivity index (χ3v) is 3.46. The first-order chi connectivity index (χ1) is 9.73. The van der Waals surface area contributed by atoms with Crippen molar-refractivity contribution in [1.29, 1.82) is 0 Å². The van der Waals surface area contributed by atoms with Crippen LogP contribution in [-0.4, -0.2) is 29.1 Å². The van der Waals surface area contributed by atoms with E-state index in [2.05, 4.69) is 5.32 Å². The number of carbonyl (C=O) groups excluding carboxylic acids is 1. The van der Waals surface area contributed by atoms with Crippen LogP contribution in [0.5, 0.6) is 5.75 Å². The molecule has 0 spiro atoms. The Hall–Kier alpha value is -2.04. The molecule has 0 aliphatic heterocycles. The molecule has 0 radical (unpaired) electrons. The monoisotopic (exact) mass is 293 g/mol. The molecule has 2 atom stereocenters. The maximum atomic E-state index is 12.1. The Morgan fingerprint density at radius 3 is 2.33 bits per heavy atom. The molecule has 2 unspecified atom stereocenters. The van der Waals surface area contributed by atoms with Crippen molar-refractivity contribution in [2.24, 2.45) is 5.92 Å².